The first-order valence-corrected chi connectivity index (χ1v) is 7.58. The minimum absolute atomic E-state index is 0.0152. The van der Waals surface area contributed by atoms with Gasteiger partial charge in [-0.2, -0.15) is 5.10 Å². The van der Waals surface area contributed by atoms with Crippen molar-refractivity contribution in [1.82, 2.24) is 5.43 Å². The average Bonchev–Trinajstić information content (AvgIpc) is 2.66. The van der Waals surface area contributed by atoms with Gasteiger partial charge in [-0.3, -0.25) is 14.9 Å². The molecule has 0 fully saturated rings. The summed E-state index contributed by atoms with van der Waals surface area (Å²) < 4.78 is 10.1. The highest BCUT2D eigenvalue weighted by molar-refractivity contribution is 5.83. The van der Waals surface area contributed by atoms with E-state index >= 15 is 0 Å². The quantitative estimate of drug-likeness (QED) is 0.386. The highest BCUT2D eigenvalue weighted by Gasteiger charge is 2.14. The summed E-state index contributed by atoms with van der Waals surface area (Å²) in [5, 5.41) is 23.1. The van der Waals surface area contributed by atoms with E-state index < -0.39 is 30.0 Å². The molecule has 0 unspecified atom stereocenters. The molecule has 0 aliphatic carbocycles. The van der Waals surface area contributed by atoms with E-state index in [0.29, 0.717) is 11.3 Å². The maximum absolute atomic E-state index is 11.7. The third-order valence-corrected chi connectivity index (χ3v) is 3.07. The van der Waals surface area contributed by atoms with Crippen molar-refractivity contribution in [2.45, 2.75) is 0 Å². The first kappa shape index (κ1) is 19.4. The van der Waals surface area contributed by atoms with Crippen LogP contribution in [0.15, 0.2) is 53.6 Å². The van der Waals surface area contributed by atoms with E-state index in [-0.39, 0.29) is 11.4 Å². The van der Waals surface area contributed by atoms with Crippen LogP contribution < -0.4 is 14.9 Å². The van der Waals surface area contributed by atoms with Crippen molar-refractivity contribution in [1.29, 1.82) is 0 Å². The highest BCUT2D eigenvalue weighted by atomic mass is 16.6. The number of carboxylic acids is 1. The van der Waals surface area contributed by atoms with E-state index in [1.165, 1.54) is 24.4 Å². The van der Waals surface area contributed by atoms with E-state index in [1.807, 2.05) is 0 Å². The smallest absolute Gasteiger partial charge is 0.341 e. The maximum atomic E-state index is 11.7. The van der Waals surface area contributed by atoms with E-state index in [0.717, 1.165) is 0 Å². The van der Waals surface area contributed by atoms with Gasteiger partial charge in [0.25, 0.3) is 5.91 Å². The zero-order valence-electron chi connectivity index (χ0n) is 13.9. The van der Waals surface area contributed by atoms with Gasteiger partial charge in [0, 0.05) is 6.07 Å². The Morgan fingerprint density at radius 2 is 1.81 bits per heavy atom. The minimum atomic E-state index is -1.08. The summed E-state index contributed by atoms with van der Waals surface area (Å²) in [6.07, 6.45) is 1.36. The molecular formula is C17H15N3O7. The zero-order chi connectivity index (χ0) is 19.6. The molecule has 0 atom stereocenters. The van der Waals surface area contributed by atoms with Crippen LogP contribution in [0.4, 0.5) is 5.69 Å². The number of hydrogen-bond acceptors (Lipinski definition) is 7. The first-order chi connectivity index (χ1) is 13.0. The molecule has 0 spiro atoms. The third-order valence-electron chi connectivity index (χ3n) is 3.07. The van der Waals surface area contributed by atoms with Crippen molar-refractivity contribution in [2.24, 2.45) is 5.10 Å². The van der Waals surface area contributed by atoms with Crippen LogP contribution in [0.1, 0.15) is 5.56 Å². The van der Waals surface area contributed by atoms with Crippen molar-refractivity contribution in [3.05, 3.63) is 64.2 Å². The number of nitrogens with one attached hydrogen (secondary N) is 1. The van der Waals surface area contributed by atoms with Crippen molar-refractivity contribution < 1.29 is 29.1 Å². The second-order valence-corrected chi connectivity index (χ2v) is 5.06. The number of rotatable bonds is 9. The summed E-state index contributed by atoms with van der Waals surface area (Å²) >= 11 is 0. The number of nitrogens with zero attached hydrogens (tertiary/aromatic N) is 2. The van der Waals surface area contributed by atoms with Gasteiger partial charge in [0.05, 0.1) is 11.1 Å². The Labute approximate surface area is 153 Å². The van der Waals surface area contributed by atoms with E-state index in [2.05, 4.69) is 10.5 Å². The zero-order valence-corrected chi connectivity index (χ0v) is 13.9. The number of hydrogen-bond donors (Lipinski definition) is 2. The van der Waals surface area contributed by atoms with Crippen molar-refractivity contribution in [2.75, 3.05) is 13.2 Å². The van der Waals surface area contributed by atoms with Crippen molar-refractivity contribution >= 4 is 23.8 Å². The predicted molar refractivity (Wildman–Crippen MR) is 93.9 cm³/mol. The van der Waals surface area contributed by atoms with E-state index in [9.17, 15) is 19.7 Å². The van der Waals surface area contributed by atoms with Crippen molar-refractivity contribution in [3.8, 4) is 11.5 Å². The number of nitro benzene ring substituents is 1. The lowest BCUT2D eigenvalue weighted by atomic mass is 10.2. The van der Waals surface area contributed by atoms with Gasteiger partial charge in [0.15, 0.2) is 19.0 Å². The third kappa shape index (κ3) is 6.46. The number of aliphatic carboxylic acids is 1. The Balaban J connectivity index is 1.81. The Morgan fingerprint density at radius 1 is 1.11 bits per heavy atom. The number of ether oxygens (including phenoxy) is 2. The topological polar surface area (TPSA) is 140 Å². The standard InChI is InChI=1S/C17H15N3O7/c21-16(10-27-15-4-2-1-3-14(15)20(24)25)19-18-9-12-5-7-13(8-6-12)26-11-17(22)23/h1-9H,10-11H2,(H,19,21)(H,22,23). The molecule has 1 amide bonds. The number of amides is 1. The highest BCUT2D eigenvalue weighted by Crippen LogP contribution is 2.25. The lowest BCUT2D eigenvalue weighted by Gasteiger charge is -2.05. The molecule has 0 radical (unpaired) electrons. The van der Waals surface area contributed by atoms with Crippen LogP contribution in [-0.4, -0.2) is 41.3 Å². The molecule has 2 rings (SSSR count). The SMILES string of the molecule is O=C(O)COc1ccc(C=NNC(=O)COc2ccccc2[N+](=O)[O-])cc1. The Kier molecular flexibility index (Phi) is 6.83. The number of para-hydroxylation sites is 2. The van der Waals surface area contributed by atoms with Crippen LogP contribution in [0.5, 0.6) is 11.5 Å². The summed E-state index contributed by atoms with van der Waals surface area (Å²) in [5.74, 6) is -1.30. The predicted octanol–water partition coefficient (Wildman–Crippen LogP) is 1.59. The first-order valence-electron chi connectivity index (χ1n) is 7.58. The van der Waals surface area contributed by atoms with Crippen LogP contribution in [-0.2, 0) is 9.59 Å². The summed E-state index contributed by atoms with van der Waals surface area (Å²) in [4.78, 5) is 32.4. The molecule has 27 heavy (non-hydrogen) atoms. The van der Waals surface area contributed by atoms with E-state index in [1.54, 1.807) is 30.3 Å². The second-order valence-electron chi connectivity index (χ2n) is 5.06. The number of hydrazone groups is 1. The number of carbonyl (C=O) groups excluding carboxylic acids is 1. The van der Waals surface area contributed by atoms with Gasteiger partial charge in [-0.15, -0.1) is 0 Å². The minimum Gasteiger partial charge on any atom is -0.482 e. The molecule has 2 N–H and O–H groups in total. The Bertz CT molecular complexity index is 850. The van der Waals surface area contributed by atoms with Gasteiger partial charge < -0.3 is 14.6 Å². The number of nitro groups is 1. The fourth-order valence-corrected chi connectivity index (χ4v) is 1.88. The second kappa shape index (κ2) is 9.51. The van der Waals surface area contributed by atoms with Crippen LogP contribution >= 0.6 is 0 Å². The maximum Gasteiger partial charge on any atom is 0.341 e. The lowest BCUT2D eigenvalue weighted by Crippen LogP contribution is -2.24. The summed E-state index contributed by atoms with van der Waals surface area (Å²) in [7, 11) is 0. The summed E-state index contributed by atoms with van der Waals surface area (Å²) in [5.41, 5.74) is 2.63. The molecule has 140 valence electrons. The van der Waals surface area contributed by atoms with Gasteiger partial charge in [0.1, 0.15) is 5.75 Å². The Morgan fingerprint density at radius 3 is 2.48 bits per heavy atom. The van der Waals surface area contributed by atoms with Gasteiger partial charge in [-0.1, -0.05) is 12.1 Å². The molecular weight excluding hydrogens is 358 g/mol. The average molecular weight is 373 g/mol. The molecule has 0 saturated heterocycles. The largest absolute Gasteiger partial charge is 0.482 e. The summed E-state index contributed by atoms with van der Waals surface area (Å²) in [6.45, 7) is -0.882. The normalized spacial score (nSPS) is 10.4. The van der Waals surface area contributed by atoms with Gasteiger partial charge in [0.2, 0.25) is 0 Å². The fraction of sp³-hybridized carbons (Fsp3) is 0.118. The van der Waals surface area contributed by atoms with Crippen LogP contribution in [0.2, 0.25) is 0 Å². The van der Waals surface area contributed by atoms with Gasteiger partial charge in [-0.25, -0.2) is 10.2 Å². The van der Waals surface area contributed by atoms with Gasteiger partial charge in [-0.05, 0) is 35.9 Å². The molecule has 0 aliphatic rings. The summed E-state index contributed by atoms with van der Waals surface area (Å²) in [6, 6.07) is 12.1. The number of carboxylic acid groups (broad SMARTS) is 1. The Hall–Kier alpha value is -3.95. The van der Waals surface area contributed by atoms with Crippen molar-refractivity contribution in [3.63, 3.8) is 0 Å². The molecule has 0 bridgehead atoms. The monoisotopic (exact) mass is 373 g/mol. The molecule has 2 aromatic carbocycles. The molecule has 0 saturated carbocycles. The fourth-order valence-electron chi connectivity index (χ4n) is 1.88. The molecule has 0 heterocycles. The molecule has 2 aromatic rings. The molecule has 10 nitrogen and oxygen atoms in total. The molecule has 0 aliphatic heterocycles. The lowest BCUT2D eigenvalue weighted by molar-refractivity contribution is -0.385. The van der Waals surface area contributed by atoms with Crippen LogP contribution in [0.25, 0.3) is 0 Å². The number of carbonyl (C=O) groups is 2. The number of benzene rings is 2. The molecule has 10 heteroatoms. The van der Waals surface area contributed by atoms with E-state index in [4.69, 9.17) is 14.6 Å². The van der Waals surface area contributed by atoms with Crippen LogP contribution in [0.3, 0.4) is 0 Å². The van der Waals surface area contributed by atoms with Gasteiger partial charge >= 0.3 is 11.7 Å². The van der Waals surface area contributed by atoms with Crippen LogP contribution in [0, 0.1) is 10.1 Å². The molecule has 0 aromatic heterocycles.